The van der Waals surface area contributed by atoms with Gasteiger partial charge in [-0.2, -0.15) is 0 Å². The Hall–Kier alpha value is -1.35. The molecule has 1 amide bonds. The van der Waals surface area contributed by atoms with Crippen LogP contribution in [0.2, 0.25) is 0 Å². The molecule has 1 aliphatic carbocycles. The van der Waals surface area contributed by atoms with Crippen LogP contribution in [0.4, 0.5) is 0 Å². The molecule has 0 aromatic heterocycles. The molecule has 110 valence electrons. The van der Waals surface area contributed by atoms with E-state index in [1.165, 1.54) is 5.56 Å². The van der Waals surface area contributed by atoms with E-state index in [0.717, 1.165) is 45.1 Å². The van der Waals surface area contributed by atoms with Crippen molar-refractivity contribution in [2.45, 2.75) is 44.6 Å². The Balaban J connectivity index is 1.67. The van der Waals surface area contributed by atoms with Gasteiger partial charge in [0.2, 0.25) is 5.91 Å². The van der Waals surface area contributed by atoms with Crippen LogP contribution in [0.3, 0.4) is 0 Å². The first kappa shape index (κ1) is 15.0. The summed E-state index contributed by atoms with van der Waals surface area (Å²) in [5.41, 5.74) is 7.38. The summed E-state index contributed by atoms with van der Waals surface area (Å²) in [6, 6.07) is 10.6. The number of hydrogen-bond donors (Lipinski definition) is 1. The minimum Gasteiger partial charge on any atom is -0.345 e. The van der Waals surface area contributed by atoms with Crippen molar-refractivity contribution >= 4 is 5.91 Å². The maximum atomic E-state index is 12.3. The van der Waals surface area contributed by atoms with Crippen molar-refractivity contribution in [3.63, 3.8) is 0 Å². The van der Waals surface area contributed by atoms with Gasteiger partial charge in [0, 0.05) is 19.6 Å². The third-order valence-corrected chi connectivity index (χ3v) is 4.31. The lowest BCUT2D eigenvalue weighted by Gasteiger charge is -2.23. The number of aryl methyl sites for hydroxylation is 1. The number of nitrogens with two attached hydrogens (primary N) is 1. The number of benzene rings is 1. The minimum atomic E-state index is 0.0640. The Morgan fingerprint density at radius 1 is 1.25 bits per heavy atom. The van der Waals surface area contributed by atoms with Crippen molar-refractivity contribution < 1.29 is 4.79 Å². The molecule has 1 fully saturated rings. The molecular formula is C17H26N2O. The second kappa shape index (κ2) is 7.44. The van der Waals surface area contributed by atoms with Gasteiger partial charge in [-0.3, -0.25) is 4.79 Å². The van der Waals surface area contributed by atoms with E-state index in [1.54, 1.807) is 0 Å². The summed E-state index contributed by atoms with van der Waals surface area (Å²) in [4.78, 5) is 14.1. The van der Waals surface area contributed by atoms with Gasteiger partial charge in [0.05, 0.1) is 5.92 Å². The highest BCUT2D eigenvalue weighted by molar-refractivity contribution is 5.79. The van der Waals surface area contributed by atoms with Crippen molar-refractivity contribution in [2.24, 2.45) is 11.7 Å². The van der Waals surface area contributed by atoms with E-state index in [1.807, 2.05) is 18.0 Å². The van der Waals surface area contributed by atoms with Crippen LogP contribution in [-0.2, 0) is 11.2 Å². The lowest BCUT2D eigenvalue weighted by molar-refractivity contribution is -0.134. The fraction of sp³-hybridized carbons (Fsp3) is 0.588. The molecule has 0 saturated heterocycles. The Kier molecular flexibility index (Phi) is 5.60. The van der Waals surface area contributed by atoms with Gasteiger partial charge in [0.25, 0.3) is 0 Å². The zero-order valence-corrected chi connectivity index (χ0v) is 12.4. The summed E-state index contributed by atoms with van der Waals surface area (Å²) < 4.78 is 0. The van der Waals surface area contributed by atoms with Crippen LogP contribution >= 0.6 is 0 Å². The topological polar surface area (TPSA) is 46.3 Å². The second-order valence-corrected chi connectivity index (χ2v) is 5.90. The highest BCUT2D eigenvalue weighted by Gasteiger charge is 2.31. The average molecular weight is 274 g/mol. The highest BCUT2D eigenvalue weighted by Crippen LogP contribution is 2.25. The maximum Gasteiger partial charge on any atom is 0.226 e. The molecule has 0 bridgehead atoms. The van der Waals surface area contributed by atoms with E-state index in [4.69, 9.17) is 5.73 Å². The van der Waals surface area contributed by atoms with Crippen LogP contribution in [-0.4, -0.2) is 30.4 Å². The molecule has 0 radical (unpaired) electrons. The van der Waals surface area contributed by atoms with Crippen LogP contribution in [0.15, 0.2) is 30.3 Å². The van der Waals surface area contributed by atoms with Crippen molar-refractivity contribution in [3.05, 3.63) is 35.9 Å². The lowest BCUT2D eigenvalue weighted by atomic mass is 10.0. The molecule has 1 aliphatic rings. The molecule has 20 heavy (non-hydrogen) atoms. The fourth-order valence-electron chi connectivity index (χ4n) is 3.01. The van der Waals surface area contributed by atoms with Crippen molar-refractivity contribution in [3.8, 4) is 0 Å². The van der Waals surface area contributed by atoms with Crippen molar-refractivity contribution in [2.75, 3.05) is 13.6 Å². The standard InChI is InChI=1S/C17H26N2O/c1-19(17(20)15-11-7-12-16(15)18)13-6-5-10-14-8-3-2-4-9-14/h2-4,8-9,15-16H,5-7,10-13,18H2,1H3/t15-,16-/m0/s1. The molecule has 1 aromatic rings. The smallest absolute Gasteiger partial charge is 0.226 e. The maximum absolute atomic E-state index is 12.3. The van der Waals surface area contributed by atoms with Crippen LogP contribution in [0.1, 0.15) is 37.7 Å². The predicted molar refractivity (Wildman–Crippen MR) is 82.3 cm³/mol. The molecule has 0 unspecified atom stereocenters. The number of carbonyl (C=O) groups excluding carboxylic acids is 1. The molecule has 3 nitrogen and oxygen atoms in total. The van der Waals surface area contributed by atoms with Gasteiger partial charge in [-0.05, 0) is 37.7 Å². The fourth-order valence-corrected chi connectivity index (χ4v) is 3.01. The Morgan fingerprint density at radius 2 is 2.00 bits per heavy atom. The molecule has 3 heteroatoms. The molecule has 0 heterocycles. The number of carbonyl (C=O) groups is 1. The van der Waals surface area contributed by atoms with E-state index in [9.17, 15) is 4.79 Å². The zero-order valence-electron chi connectivity index (χ0n) is 12.4. The third kappa shape index (κ3) is 4.07. The van der Waals surface area contributed by atoms with Gasteiger partial charge < -0.3 is 10.6 Å². The van der Waals surface area contributed by atoms with E-state index in [2.05, 4.69) is 24.3 Å². The lowest BCUT2D eigenvalue weighted by Crippen LogP contribution is -2.40. The molecule has 0 aliphatic heterocycles. The highest BCUT2D eigenvalue weighted by atomic mass is 16.2. The Bertz CT molecular complexity index is 418. The molecular weight excluding hydrogens is 248 g/mol. The van der Waals surface area contributed by atoms with Gasteiger partial charge in [-0.1, -0.05) is 36.8 Å². The first-order valence-electron chi connectivity index (χ1n) is 7.73. The summed E-state index contributed by atoms with van der Waals surface area (Å²) in [5, 5.41) is 0. The van der Waals surface area contributed by atoms with Gasteiger partial charge in [0.1, 0.15) is 0 Å². The largest absolute Gasteiger partial charge is 0.345 e. The van der Waals surface area contributed by atoms with Crippen molar-refractivity contribution in [1.82, 2.24) is 4.90 Å². The first-order valence-corrected chi connectivity index (χ1v) is 7.73. The van der Waals surface area contributed by atoms with Crippen LogP contribution in [0.5, 0.6) is 0 Å². The summed E-state index contributed by atoms with van der Waals surface area (Å²) in [6.45, 7) is 0.842. The minimum absolute atomic E-state index is 0.0640. The van der Waals surface area contributed by atoms with E-state index >= 15 is 0 Å². The van der Waals surface area contributed by atoms with Crippen molar-refractivity contribution in [1.29, 1.82) is 0 Å². The number of rotatable bonds is 6. The number of hydrogen-bond acceptors (Lipinski definition) is 2. The van der Waals surface area contributed by atoms with Crippen LogP contribution in [0, 0.1) is 5.92 Å². The summed E-state index contributed by atoms with van der Waals surface area (Å²) in [6.07, 6.45) is 6.33. The monoisotopic (exact) mass is 274 g/mol. The number of amides is 1. The Labute approximate surface area is 122 Å². The second-order valence-electron chi connectivity index (χ2n) is 5.90. The molecule has 2 N–H and O–H groups in total. The quantitative estimate of drug-likeness (QED) is 0.811. The summed E-state index contributed by atoms with van der Waals surface area (Å²) in [7, 11) is 1.91. The molecule has 1 aromatic carbocycles. The third-order valence-electron chi connectivity index (χ3n) is 4.31. The average Bonchev–Trinajstić information content (AvgIpc) is 2.90. The SMILES string of the molecule is CN(CCCCc1ccccc1)C(=O)[C@H]1CCC[C@@H]1N. The van der Waals surface area contributed by atoms with Crippen LogP contribution in [0.25, 0.3) is 0 Å². The summed E-state index contributed by atoms with van der Waals surface area (Å²) >= 11 is 0. The Morgan fingerprint density at radius 3 is 2.65 bits per heavy atom. The normalized spacial score (nSPS) is 21.9. The first-order chi connectivity index (χ1) is 9.68. The van der Waals surface area contributed by atoms with Gasteiger partial charge in [-0.25, -0.2) is 0 Å². The van der Waals surface area contributed by atoms with Gasteiger partial charge in [-0.15, -0.1) is 0 Å². The molecule has 1 saturated carbocycles. The molecule has 0 spiro atoms. The molecule has 2 atom stereocenters. The van der Waals surface area contributed by atoms with Gasteiger partial charge >= 0.3 is 0 Å². The predicted octanol–water partition coefficient (Wildman–Crippen LogP) is 2.60. The van der Waals surface area contributed by atoms with E-state index < -0.39 is 0 Å². The van der Waals surface area contributed by atoms with E-state index in [0.29, 0.717) is 0 Å². The van der Waals surface area contributed by atoms with Gasteiger partial charge in [0.15, 0.2) is 0 Å². The number of nitrogens with zero attached hydrogens (tertiary/aromatic N) is 1. The zero-order chi connectivity index (χ0) is 14.4. The number of unbranched alkanes of at least 4 members (excludes halogenated alkanes) is 1. The summed E-state index contributed by atoms with van der Waals surface area (Å²) in [5.74, 6) is 0.309. The van der Waals surface area contributed by atoms with E-state index in [-0.39, 0.29) is 17.9 Å². The van der Waals surface area contributed by atoms with Crippen LogP contribution < -0.4 is 5.73 Å². The molecule has 2 rings (SSSR count).